The van der Waals surface area contributed by atoms with Gasteiger partial charge < -0.3 is 10.1 Å². The van der Waals surface area contributed by atoms with E-state index in [-0.39, 0.29) is 6.09 Å². The number of thiophene rings is 1. The van der Waals surface area contributed by atoms with Crippen molar-refractivity contribution in [2.75, 3.05) is 16.8 Å². The highest BCUT2D eigenvalue weighted by atomic mass is 32.1. The topological polar surface area (TPSA) is 65.4 Å². The fraction of sp³-hybridized carbons (Fsp3) is 0.368. The van der Waals surface area contributed by atoms with Crippen LogP contribution in [0.3, 0.4) is 0 Å². The van der Waals surface area contributed by atoms with Gasteiger partial charge in [0.2, 0.25) is 0 Å². The van der Waals surface area contributed by atoms with Crippen molar-refractivity contribution in [2.45, 2.75) is 39.3 Å². The molecule has 0 spiro atoms. The highest BCUT2D eigenvalue weighted by molar-refractivity contribution is 7.12. The molecule has 5 nitrogen and oxygen atoms in total. The van der Waals surface area contributed by atoms with Gasteiger partial charge in [0.15, 0.2) is 0 Å². The van der Waals surface area contributed by atoms with Crippen molar-refractivity contribution in [1.82, 2.24) is 0 Å². The van der Waals surface area contributed by atoms with Gasteiger partial charge in [-0.15, -0.1) is 11.3 Å². The molecule has 1 aromatic heterocycles. The van der Waals surface area contributed by atoms with E-state index in [1.54, 1.807) is 4.90 Å². The fourth-order valence-corrected chi connectivity index (χ4v) is 3.49. The zero-order chi connectivity index (χ0) is 18.0. The largest absolute Gasteiger partial charge is 0.443 e. The minimum atomic E-state index is -0.496. The predicted octanol–water partition coefficient (Wildman–Crippen LogP) is 4.53. The quantitative estimate of drug-likeness (QED) is 0.878. The van der Waals surface area contributed by atoms with E-state index in [2.05, 4.69) is 17.5 Å². The number of benzene rings is 1. The highest BCUT2D eigenvalue weighted by Gasteiger charge is 2.28. The van der Waals surface area contributed by atoms with Gasteiger partial charge in [-0.1, -0.05) is 0 Å². The van der Waals surface area contributed by atoms with E-state index >= 15 is 0 Å². The summed E-state index contributed by atoms with van der Waals surface area (Å²) in [5, 5.41) is 12.3. The summed E-state index contributed by atoms with van der Waals surface area (Å²) in [7, 11) is 0. The van der Waals surface area contributed by atoms with Gasteiger partial charge in [0.25, 0.3) is 0 Å². The van der Waals surface area contributed by atoms with Gasteiger partial charge in [0.05, 0.1) is 5.69 Å². The Morgan fingerprint density at radius 1 is 1.36 bits per heavy atom. The SMILES string of the molecule is CC(C)(C)OC(=O)N1CCc2cc(NCc3ccc(C#N)s3)ccc21. The molecule has 0 atom stereocenters. The number of nitriles is 1. The maximum Gasteiger partial charge on any atom is 0.414 e. The number of ether oxygens (including phenoxy) is 1. The lowest BCUT2D eigenvalue weighted by Crippen LogP contribution is -2.35. The molecule has 2 heterocycles. The van der Waals surface area contributed by atoms with Gasteiger partial charge in [0, 0.05) is 23.7 Å². The number of fused-ring (bicyclic) bond motifs is 1. The van der Waals surface area contributed by atoms with Crippen LogP contribution in [0.1, 0.15) is 36.1 Å². The Kier molecular flexibility index (Phi) is 4.69. The van der Waals surface area contributed by atoms with Crippen molar-refractivity contribution in [1.29, 1.82) is 5.26 Å². The zero-order valence-electron chi connectivity index (χ0n) is 14.6. The Balaban J connectivity index is 1.67. The third kappa shape index (κ3) is 4.12. The summed E-state index contributed by atoms with van der Waals surface area (Å²) in [6, 6.07) is 12.0. The van der Waals surface area contributed by atoms with E-state index < -0.39 is 5.60 Å². The van der Waals surface area contributed by atoms with E-state index in [4.69, 9.17) is 10.00 Å². The van der Waals surface area contributed by atoms with Gasteiger partial charge in [-0.25, -0.2) is 4.79 Å². The predicted molar refractivity (Wildman–Crippen MR) is 100 cm³/mol. The van der Waals surface area contributed by atoms with Gasteiger partial charge in [0.1, 0.15) is 16.5 Å². The first-order valence-corrected chi connectivity index (χ1v) is 9.03. The number of hydrogen-bond donors (Lipinski definition) is 1. The van der Waals surface area contributed by atoms with E-state index in [0.29, 0.717) is 13.1 Å². The molecular weight excluding hydrogens is 334 g/mol. The molecular formula is C19H21N3O2S. The Bertz CT molecular complexity index is 830. The summed E-state index contributed by atoms with van der Waals surface area (Å²) >= 11 is 1.49. The van der Waals surface area contributed by atoms with Gasteiger partial charge >= 0.3 is 6.09 Å². The number of nitrogens with one attached hydrogen (secondary N) is 1. The molecule has 130 valence electrons. The molecule has 3 rings (SSSR count). The summed E-state index contributed by atoms with van der Waals surface area (Å²) in [5.74, 6) is 0. The molecule has 0 bridgehead atoms. The molecule has 0 unspecified atom stereocenters. The lowest BCUT2D eigenvalue weighted by Gasteiger charge is -2.24. The van der Waals surface area contributed by atoms with Crippen LogP contribution in [-0.4, -0.2) is 18.2 Å². The number of nitrogens with zero attached hydrogens (tertiary/aromatic N) is 2. The van der Waals surface area contributed by atoms with Crippen LogP contribution in [0, 0.1) is 11.3 Å². The number of hydrogen-bond acceptors (Lipinski definition) is 5. The van der Waals surface area contributed by atoms with Crippen LogP contribution in [-0.2, 0) is 17.7 Å². The van der Waals surface area contributed by atoms with Crippen molar-refractivity contribution >= 4 is 28.8 Å². The summed E-state index contributed by atoms with van der Waals surface area (Å²) in [4.78, 5) is 15.8. The van der Waals surface area contributed by atoms with E-state index in [0.717, 1.165) is 33.1 Å². The molecule has 2 aromatic rings. The third-order valence-electron chi connectivity index (χ3n) is 3.83. The normalized spacial score (nSPS) is 13.3. The molecule has 1 N–H and O–H groups in total. The molecule has 6 heteroatoms. The number of amides is 1. The summed E-state index contributed by atoms with van der Waals surface area (Å²) < 4.78 is 5.47. The Labute approximate surface area is 151 Å². The van der Waals surface area contributed by atoms with Crippen LogP contribution in [0.25, 0.3) is 0 Å². The molecule has 0 aliphatic carbocycles. The van der Waals surface area contributed by atoms with E-state index in [1.807, 2.05) is 45.0 Å². The second-order valence-corrected chi connectivity index (χ2v) is 8.13. The second-order valence-electron chi connectivity index (χ2n) is 6.96. The summed E-state index contributed by atoms with van der Waals surface area (Å²) in [6.07, 6.45) is 0.524. The lowest BCUT2D eigenvalue weighted by atomic mass is 10.1. The molecule has 1 amide bonds. The molecule has 0 saturated carbocycles. The minimum Gasteiger partial charge on any atom is -0.443 e. The van der Waals surface area contributed by atoms with Crippen LogP contribution >= 0.6 is 11.3 Å². The lowest BCUT2D eigenvalue weighted by molar-refractivity contribution is 0.0584. The van der Waals surface area contributed by atoms with Crippen molar-refractivity contribution < 1.29 is 9.53 Å². The van der Waals surface area contributed by atoms with Gasteiger partial charge in [-0.3, -0.25) is 4.90 Å². The smallest absolute Gasteiger partial charge is 0.414 e. The molecule has 0 fully saturated rings. The molecule has 0 saturated heterocycles. The third-order valence-corrected chi connectivity index (χ3v) is 4.82. The van der Waals surface area contributed by atoms with Gasteiger partial charge in [-0.05, 0) is 63.1 Å². The summed E-state index contributed by atoms with van der Waals surface area (Å²) in [5.41, 5.74) is 2.57. The van der Waals surface area contributed by atoms with Crippen LogP contribution < -0.4 is 10.2 Å². The first-order valence-electron chi connectivity index (χ1n) is 8.22. The van der Waals surface area contributed by atoms with Crippen molar-refractivity contribution in [2.24, 2.45) is 0 Å². The number of carbonyl (C=O) groups is 1. The highest BCUT2D eigenvalue weighted by Crippen LogP contribution is 2.32. The molecule has 1 aromatic carbocycles. The first kappa shape index (κ1) is 17.3. The Hall–Kier alpha value is -2.52. The standard InChI is InChI=1S/C19H21N3O2S/c1-19(2,3)24-18(23)22-9-8-13-10-14(4-7-17(13)22)21-12-16-6-5-15(11-20)25-16/h4-7,10,21H,8-9,12H2,1-3H3. The summed E-state index contributed by atoms with van der Waals surface area (Å²) in [6.45, 7) is 6.94. The molecule has 1 aliphatic rings. The van der Waals surface area contributed by atoms with Crippen molar-refractivity contribution in [3.63, 3.8) is 0 Å². The maximum atomic E-state index is 12.3. The van der Waals surface area contributed by atoms with Crippen LogP contribution in [0.5, 0.6) is 0 Å². The monoisotopic (exact) mass is 355 g/mol. The van der Waals surface area contributed by atoms with Crippen LogP contribution in [0.2, 0.25) is 0 Å². The number of anilines is 2. The second kappa shape index (κ2) is 6.77. The number of rotatable bonds is 3. The van der Waals surface area contributed by atoms with Crippen molar-refractivity contribution in [3.05, 3.63) is 45.6 Å². The maximum absolute atomic E-state index is 12.3. The Morgan fingerprint density at radius 3 is 2.84 bits per heavy atom. The fourth-order valence-electron chi connectivity index (χ4n) is 2.74. The van der Waals surface area contributed by atoms with Crippen LogP contribution in [0.15, 0.2) is 30.3 Å². The molecule has 1 aliphatic heterocycles. The van der Waals surface area contributed by atoms with E-state index in [9.17, 15) is 4.79 Å². The molecule has 25 heavy (non-hydrogen) atoms. The zero-order valence-corrected chi connectivity index (χ0v) is 15.4. The first-order chi connectivity index (χ1) is 11.9. The van der Waals surface area contributed by atoms with E-state index in [1.165, 1.54) is 11.3 Å². The van der Waals surface area contributed by atoms with Crippen LogP contribution in [0.4, 0.5) is 16.2 Å². The molecule has 0 radical (unpaired) electrons. The average molecular weight is 355 g/mol. The van der Waals surface area contributed by atoms with Gasteiger partial charge in [-0.2, -0.15) is 5.26 Å². The average Bonchev–Trinajstić information content (AvgIpc) is 3.17. The van der Waals surface area contributed by atoms with Crippen molar-refractivity contribution in [3.8, 4) is 6.07 Å². The Morgan fingerprint density at radius 2 is 2.16 bits per heavy atom. The number of carbonyl (C=O) groups excluding carboxylic acids is 1. The minimum absolute atomic E-state index is 0.297.